The highest BCUT2D eigenvalue weighted by Gasteiger charge is 2.25. The summed E-state index contributed by atoms with van der Waals surface area (Å²) < 4.78 is 0. The number of hydrogen-bond donors (Lipinski definition) is 2. The van der Waals surface area contributed by atoms with Crippen molar-refractivity contribution in [2.24, 2.45) is 11.5 Å². The third-order valence-corrected chi connectivity index (χ3v) is 3.23. The molecule has 0 bridgehead atoms. The molecule has 4 nitrogen and oxygen atoms in total. The summed E-state index contributed by atoms with van der Waals surface area (Å²) in [5.41, 5.74) is 10.1. The molecule has 0 fully saturated rings. The Hall–Kier alpha value is -0.610. The van der Waals surface area contributed by atoms with Crippen LogP contribution in [0.25, 0.3) is 0 Å². The monoisotopic (exact) mass is 229 g/mol. The predicted octanol–water partition coefficient (Wildman–Crippen LogP) is 1.09. The molecule has 0 heterocycles. The predicted molar refractivity (Wildman–Crippen MR) is 68.0 cm³/mol. The SMILES string of the molecule is CCCC(C)N(C)CCCC(C)(N)C(N)=O. The lowest BCUT2D eigenvalue weighted by Crippen LogP contribution is -2.49. The van der Waals surface area contributed by atoms with Crippen molar-refractivity contribution in [3.63, 3.8) is 0 Å². The molecule has 0 aromatic rings. The van der Waals surface area contributed by atoms with E-state index in [9.17, 15) is 4.79 Å². The molecule has 96 valence electrons. The van der Waals surface area contributed by atoms with Gasteiger partial charge in [-0.2, -0.15) is 0 Å². The van der Waals surface area contributed by atoms with Crippen LogP contribution in [-0.4, -0.2) is 36.0 Å². The van der Waals surface area contributed by atoms with Gasteiger partial charge in [0, 0.05) is 6.04 Å². The third-order valence-electron chi connectivity index (χ3n) is 3.23. The summed E-state index contributed by atoms with van der Waals surface area (Å²) in [4.78, 5) is 13.3. The van der Waals surface area contributed by atoms with E-state index in [-0.39, 0.29) is 0 Å². The second-order valence-electron chi connectivity index (χ2n) is 5.00. The number of carbonyl (C=O) groups is 1. The van der Waals surface area contributed by atoms with E-state index in [0.29, 0.717) is 12.5 Å². The minimum Gasteiger partial charge on any atom is -0.368 e. The Morgan fingerprint density at radius 3 is 2.50 bits per heavy atom. The fourth-order valence-electron chi connectivity index (χ4n) is 1.68. The zero-order valence-electron chi connectivity index (χ0n) is 11.1. The van der Waals surface area contributed by atoms with Gasteiger partial charge in [-0.15, -0.1) is 0 Å². The summed E-state index contributed by atoms with van der Waals surface area (Å²) in [6, 6.07) is 0.586. The number of carbonyl (C=O) groups excluding carboxylic acids is 1. The summed E-state index contributed by atoms with van der Waals surface area (Å²) in [5.74, 6) is -0.420. The lowest BCUT2D eigenvalue weighted by molar-refractivity contribution is -0.122. The van der Waals surface area contributed by atoms with Crippen molar-refractivity contribution in [2.45, 2.75) is 58.0 Å². The van der Waals surface area contributed by atoms with Crippen LogP contribution >= 0.6 is 0 Å². The molecule has 4 N–H and O–H groups in total. The molecule has 0 aliphatic heterocycles. The van der Waals surface area contributed by atoms with Gasteiger partial charge in [-0.25, -0.2) is 0 Å². The first-order valence-corrected chi connectivity index (χ1v) is 6.10. The van der Waals surface area contributed by atoms with Crippen molar-refractivity contribution < 1.29 is 4.79 Å². The molecule has 0 aromatic carbocycles. The molecule has 4 heteroatoms. The highest BCUT2D eigenvalue weighted by atomic mass is 16.1. The summed E-state index contributed by atoms with van der Waals surface area (Å²) in [7, 11) is 2.11. The van der Waals surface area contributed by atoms with E-state index in [1.165, 1.54) is 12.8 Å². The van der Waals surface area contributed by atoms with Crippen molar-refractivity contribution in [3.05, 3.63) is 0 Å². The van der Waals surface area contributed by atoms with Gasteiger partial charge < -0.3 is 16.4 Å². The van der Waals surface area contributed by atoms with E-state index < -0.39 is 11.4 Å². The first kappa shape index (κ1) is 15.4. The van der Waals surface area contributed by atoms with Crippen molar-refractivity contribution in [1.82, 2.24) is 4.90 Å². The van der Waals surface area contributed by atoms with Crippen molar-refractivity contribution in [1.29, 1.82) is 0 Å². The average Bonchev–Trinajstić information content (AvgIpc) is 2.17. The molecule has 1 amide bonds. The maximum atomic E-state index is 11.0. The molecule has 0 radical (unpaired) electrons. The van der Waals surface area contributed by atoms with Crippen molar-refractivity contribution in [2.75, 3.05) is 13.6 Å². The number of rotatable bonds is 8. The van der Waals surface area contributed by atoms with Gasteiger partial charge in [0.05, 0.1) is 5.54 Å². The summed E-state index contributed by atoms with van der Waals surface area (Å²) >= 11 is 0. The van der Waals surface area contributed by atoms with Crippen LogP contribution in [0.4, 0.5) is 0 Å². The Balaban J connectivity index is 3.85. The number of amides is 1. The highest BCUT2D eigenvalue weighted by molar-refractivity contribution is 5.83. The summed E-state index contributed by atoms with van der Waals surface area (Å²) in [6.07, 6.45) is 3.94. The van der Waals surface area contributed by atoms with E-state index >= 15 is 0 Å². The zero-order valence-corrected chi connectivity index (χ0v) is 11.1. The molecule has 0 saturated heterocycles. The van der Waals surface area contributed by atoms with Gasteiger partial charge in [-0.3, -0.25) is 4.79 Å². The van der Waals surface area contributed by atoms with Crippen LogP contribution in [0.15, 0.2) is 0 Å². The van der Waals surface area contributed by atoms with Gasteiger partial charge in [0.25, 0.3) is 0 Å². The van der Waals surface area contributed by atoms with Crippen LogP contribution in [-0.2, 0) is 4.79 Å². The van der Waals surface area contributed by atoms with Gasteiger partial charge in [0.1, 0.15) is 0 Å². The van der Waals surface area contributed by atoms with Gasteiger partial charge in [-0.1, -0.05) is 13.3 Å². The number of nitrogens with zero attached hydrogens (tertiary/aromatic N) is 1. The molecular formula is C12H27N3O. The van der Waals surface area contributed by atoms with Crippen LogP contribution in [0.1, 0.15) is 46.5 Å². The largest absolute Gasteiger partial charge is 0.368 e. The molecule has 2 atom stereocenters. The molecule has 0 rings (SSSR count). The zero-order chi connectivity index (χ0) is 12.8. The molecule has 0 aliphatic carbocycles. The van der Waals surface area contributed by atoms with Crippen molar-refractivity contribution in [3.8, 4) is 0 Å². The smallest absolute Gasteiger partial charge is 0.237 e. The fraction of sp³-hybridized carbons (Fsp3) is 0.917. The van der Waals surface area contributed by atoms with Gasteiger partial charge in [-0.05, 0) is 46.7 Å². The van der Waals surface area contributed by atoms with Gasteiger partial charge >= 0.3 is 0 Å². The van der Waals surface area contributed by atoms with Crippen LogP contribution in [0.2, 0.25) is 0 Å². The number of hydrogen-bond acceptors (Lipinski definition) is 3. The Bertz CT molecular complexity index is 216. The molecular weight excluding hydrogens is 202 g/mol. The van der Waals surface area contributed by atoms with E-state index in [2.05, 4.69) is 25.8 Å². The van der Waals surface area contributed by atoms with E-state index in [4.69, 9.17) is 11.5 Å². The molecule has 16 heavy (non-hydrogen) atoms. The molecule has 0 aromatic heterocycles. The first-order valence-electron chi connectivity index (χ1n) is 6.10. The summed E-state index contributed by atoms with van der Waals surface area (Å²) in [5, 5.41) is 0. The topological polar surface area (TPSA) is 72.3 Å². The van der Waals surface area contributed by atoms with Crippen LogP contribution in [0.3, 0.4) is 0 Å². The third kappa shape index (κ3) is 5.47. The number of primary amides is 1. The molecule has 0 aliphatic rings. The molecule has 0 spiro atoms. The maximum absolute atomic E-state index is 11.0. The molecule has 2 unspecified atom stereocenters. The second-order valence-corrected chi connectivity index (χ2v) is 5.00. The van der Waals surface area contributed by atoms with Crippen molar-refractivity contribution >= 4 is 5.91 Å². The Kier molecular flexibility index (Phi) is 6.60. The van der Waals surface area contributed by atoms with Gasteiger partial charge in [0.2, 0.25) is 5.91 Å². The summed E-state index contributed by atoms with van der Waals surface area (Å²) in [6.45, 7) is 7.07. The lowest BCUT2D eigenvalue weighted by atomic mass is 9.96. The fourth-order valence-corrected chi connectivity index (χ4v) is 1.68. The average molecular weight is 229 g/mol. The Morgan fingerprint density at radius 2 is 2.06 bits per heavy atom. The van der Waals surface area contributed by atoms with Crippen LogP contribution < -0.4 is 11.5 Å². The first-order chi connectivity index (χ1) is 7.31. The second kappa shape index (κ2) is 6.86. The quantitative estimate of drug-likeness (QED) is 0.654. The Labute approximate surface area is 99.4 Å². The lowest BCUT2D eigenvalue weighted by Gasteiger charge is -2.26. The van der Waals surface area contributed by atoms with Gasteiger partial charge in [0.15, 0.2) is 0 Å². The van der Waals surface area contributed by atoms with Crippen LogP contribution in [0.5, 0.6) is 0 Å². The minimum absolute atomic E-state index is 0.420. The van der Waals surface area contributed by atoms with E-state index in [0.717, 1.165) is 13.0 Å². The van der Waals surface area contributed by atoms with E-state index in [1.54, 1.807) is 6.92 Å². The number of nitrogens with two attached hydrogens (primary N) is 2. The Morgan fingerprint density at radius 1 is 1.50 bits per heavy atom. The standard InChI is InChI=1S/C12H27N3O/c1-5-7-10(2)15(4)9-6-8-12(3,14)11(13)16/h10H,5-9,14H2,1-4H3,(H2,13,16). The normalized spacial score (nSPS) is 17.1. The van der Waals surface area contributed by atoms with Crippen LogP contribution in [0, 0.1) is 0 Å². The highest BCUT2D eigenvalue weighted by Crippen LogP contribution is 2.10. The molecule has 0 saturated carbocycles. The minimum atomic E-state index is -0.866. The maximum Gasteiger partial charge on any atom is 0.237 e. The van der Waals surface area contributed by atoms with E-state index in [1.807, 2.05) is 0 Å².